The molecule has 7 rings (SSSR count). The number of aromatic nitrogens is 4. The lowest BCUT2D eigenvalue weighted by Crippen LogP contribution is -2.32. The van der Waals surface area contributed by atoms with Gasteiger partial charge in [-0.1, -0.05) is 30.3 Å². The summed E-state index contributed by atoms with van der Waals surface area (Å²) in [5.74, 6) is 1.88. The molecule has 10 heteroatoms. The fraction of sp³-hybridized carbons (Fsp3) is 0.222. The number of nitrogens with one attached hydrogen (secondary N) is 1. The number of para-hydroxylation sites is 1. The van der Waals surface area contributed by atoms with Gasteiger partial charge < -0.3 is 14.2 Å². The smallest absolute Gasteiger partial charge is 0.262 e. The van der Waals surface area contributed by atoms with Crippen LogP contribution in [0.25, 0.3) is 22.4 Å². The van der Waals surface area contributed by atoms with Gasteiger partial charge in [0.25, 0.3) is 5.91 Å². The summed E-state index contributed by atoms with van der Waals surface area (Å²) in [6.45, 7) is 0.0607. The molecular formula is C27H23N7O3. The third-order valence-electron chi connectivity index (χ3n) is 6.70. The first-order valence-corrected chi connectivity index (χ1v) is 12.3. The average Bonchev–Trinajstić information content (AvgIpc) is 3.40. The highest BCUT2D eigenvalue weighted by Crippen LogP contribution is 2.37. The minimum atomic E-state index is -0.345. The van der Waals surface area contributed by atoms with Crippen molar-refractivity contribution in [2.75, 3.05) is 11.9 Å². The fourth-order valence-corrected chi connectivity index (χ4v) is 4.69. The van der Waals surface area contributed by atoms with Crippen LogP contribution in [0.2, 0.25) is 0 Å². The molecule has 1 atom stereocenters. The first-order chi connectivity index (χ1) is 18.2. The van der Waals surface area contributed by atoms with E-state index in [1.54, 1.807) is 6.26 Å². The maximum Gasteiger partial charge on any atom is 0.262 e. The number of rotatable bonds is 7. The van der Waals surface area contributed by atoms with Gasteiger partial charge in [-0.05, 0) is 59.7 Å². The minimum absolute atomic E-state index is 0.0607. The number of hydrogen-bond acceptors (Lipinski definition) is 8. The molecule has 37 heavy (non-hydrogen) atoms. The zero-order valence-electron chi connectivity index (χ0n) is 19.8. The van der Waals surface area contributed by atoms with Gasteiger partial charge in [-0.25, -0.2) is 9.69 Å². The number of hydrogen-bond donors (Lipinski definition) is 1. The summed E-state index contributed by atoms with van der Waals surface area (Å²) in [6.07, 6.45) is 4.29. The molecule has 1 aliphatic heterocycles. The van der Waals surface area contributed by atoms with E-state index in [-0.39, 0.29) is 18.5 Å². The van der Waals surface area contributed by atoms with Gasteiger partial charge in [-0.2, -0.15) is 5.10 Å². The number of tetrazole rings is 1. The van der Waals surface area contributed by atoms with Gasteiger partial charge in [0.05, 0.1) is 18.8 Å². The first-order valence-electron chi connectivity index (χ1n) is 12.3. The summed E-state index contributed by atoms with van der Waals surface area (Å²) in [5, 5.41) is 22.6. The van der Waals surface area contributed by atoms with E-state index in [4.69, 9.17) is 8.83 Å². The van der Waals surface area contributed by atoms with Crippen LogP contribution in [-0.2, 0) is 4.79 Å². The fourth-order valence-electron chi connectivity index (χ4n) is 4.69. The lowest BCUT2D eigenvalue weighted by molar-refractivity contribution is -0.131. The third-order valence-corrected chi connectivity index (χ3v) is 6.70. The van der Waals surface area contributed by atoms with Crippen LogP contribution in [-0.4, -0.2) is 43.4 Å². The second kappa shape index (κ2) is 8.74. The summed E-state index contributed by atoms with van der Waals surface area (Å²) in [6, 6.07) is 21.2. The van der Waals surface area contributed by atoms with E-state index >= 15 is 0 Å². The standard InChI is InChI=1S/C27H23N7O3/c35-26(16-28-19-7-3-6-18(13-19)27-29-31-32-33(27)20-10-11-20)34-22(24-9-4-12-36-24)15-21(30-34)25-14-17-5-1-2-8-23(17)37-25/h1-9,12-14,20,22,28H,10-11,15-16H2/t22-/m1/s1. The molecule has 2 aromatic carbocycles. The Morgan fingerprint density at radius 2 is 1.97 bits per heavy atom. The quantitative estimate of drug-likeness (QED) is 0.346. The van der Waals surface area contributed by atoms with Crippen molar-refractivity contribution in [3.05, 3.63) is 84.5 Å². The van der Waals surface area contributed by atoms with E-state index in [1.165, 1.54) is 5.01 Å². The number of amides is 1. The summed E-state index contributed by atoms with van der Waals surface area (Å²) in [7, 11) is 0. The van der Waals surface area contributed by atoms with Crippen molar-refractivity contribution in [2.24, 2.45) is 5.10 Å². The van der Waals surface area contributed by atoms with E-state index in [9.17, 15) is 4.79 Å². The lowest BCUT2D eigenvalue weighted by Gasteiger charge is -2.20. The molecule has 1 fully saturated rings. The molecule has 3 aromatic heterocycles. The van der Waals surface area contributed by atoms with Crippen molar-refractivity contribution in [1.29, 1.82) is 0 Å². The monoisotopic (exact) mass is 493 g/mol. The SMILES string of the molecule is O=C(CNc1cccc(-c2nnnn2C2CC2)c1)N1N=C(c2cc3ccccc3o2)C[C@@H]1c1ccco1. The number of anilines is 1. The van der Waals surface area contributed by atoms with Gasteiger partial charge in [0.15, 0.2) is 11.6 Å². The predicted molar refractivity (Wildman–Crippen MR) is 136 cm³/mol. The summed E-state index contributed by atoms with van der Waals surface area (Å²) >= 11 is 0. The Balaban J connectivity index is 1.12. The van der Waals surface area contributed by atoms with Gasteiger partial charge in [-0.3, -0.25) is 4.79 Å². The topological polar surface area (TPSA) is 115 Å². The van der Waals surface area contributed by atoms with Crippen LogP contribution < -0.4 is 5.32 Å². The molecule has 5 aromatic rings. The van der Waals surface area contributed by atoms with Crippen LogP contribution in [0.1, 0.15) is 42.9 Å². The molecular weight excluding hydrogens is 470 g/mol. The van der Waals surface area contributed by atoms with Crippen LogP contribution in [0.15, 0.2) is 86.9 Å². The number of furan rings is 2. The largest absolute Gasteiger partial charge is 0.467 e. The maximum atomic E-state index is 13.4. The van der Waals surface area contributed by atoms with Gasteiger partial charge in [0.2, 0.25) is 0 Å². The Bertz CT molecular complexity index is 1580. The number of carbonyl (C=O) groups is 1. The average molecular weight is 494 g/mol. The van der Waals surface area contributed by atoms with Gasteiger partial charge in [0, 0.05) is 23.1 Å². The van der Waals surface area contributed by atoms with Crippen LogP contribution in [0.3, 0.4) is 0 Å². The second-order valence-corrected chi connectivity index (χ2v) is 9.28. The zero-order chi connectivity index (χ0) is 24.8. The first kappa shape index (κ1) is 21.5. The van der Waals surface area contributed by atoms with E-state index in [1.807, 2.05) is 71.4 Å². The highest BCUT2D eigenvalue weighted by atomic mass is 16.3. The van der Waals surface area contributed by atoms with Gasteiger partial charge >= 0.3 is 0 Å². The molecule has 0 bridgehead atoms. The Kier molecular flexibility index (Phi) is 5.09. The molecule has 184 valence electrons. The molecule has 0 radical (unpaired) electrons. The Labute approximate surface area is 211 Å². The third kappa shape index (κ3) is 4.06. The van der Waals surface area contributed by atoms with E-state index in [0.29, 0.717) is 29.7 Å². The lowest BCUT2D eigenvalue weighted by atomic mass is 10.1. The summed E-state index contributed by atoms with van der Waals surface area (Å²) < 4.78 is 13.6. The van der Waals surface area contributed by atoms with Crippen LogP contribution >= 0.6 is 0 Å². The molecule has 0 spiro atoms. The van der Waals surface area contributed by atoms with E-state index < -0.39 is 0 Å². The van der Waals surface area contributed by atoms with E-state index in [0.717, 1.165) is 40.9 Å². The molecule has 0 saturated heterocycles. The molecule has 1 N–H and O–H groups in total. The van der Waals surface area contributed by atoms with Gasteiger partial charge in [0.1, 0.15) is 23.1 Å². The van der Waals surface area contributed by atoms with Crippen LogP contribution in [0.5, 0.6) is 0 Å². The molecule has 1 amide bonds. The number of fused-ring (bicyclic) bond motifs is 1. The zero-order valence-corrected chi connectivity index (χ0v) is 19.8. The highest BCUT2D eigenvalue weighted by molar-refractivity contribution is 6.03. The Morgan fingerprint density at radius 3 is 2.81 bits per heavy atom. The molecule has 0 unspecified atom stereocenters. The molecule has 2 aliphatic rings. The van der Waals surface area contributed by atoms with Crippen molar-refractivity contribution >= 4 is 28.3 Å². The van der Waals surface area contributed by atoms with Crippen molar-refractivity contribution in [2.45, 2.75) is 31.3 Å². The molecule has 1 saturated carbocycles. The van der Waals surface area contributed by atoms with Crippen molar-refractivity contribution < 1.29 is 13.6 Å². The number of hydrazone groups is 1. The molecule has 4 heterocycles. The number of benzene rings is 2. The highest BCUT2D eigenvalue weighted by Gasteiger charge is 2.36. The predicted octanol–water partition coefficient (Wildman–Crippen LogP) is 4.80. The Hall–Kier alpha value is -4.73. The van der Waals surface area contributed by atoms with Crippen molar-refractivity contribution in [3.63, 3.8) is 0 Å². The van der Waals surface area contributed by atoms with Crippen molar-refractivity contribution in [1.82, 2.24) is 25.2 Å². The number of nitrogens with zero attached hydrogens (tertiary/aromatic N) is 6. The summed E-state index contributed by atoms with van der Waals surface area (Å²) in [5.41, 5.74) is 3.19. The normalized spacial score (nSPS) is 17.4. The van der Waals surface area contributed by atoms with Gasteiger partial charge in [-0.15, -0.1) is 5.10 Å². The Morgan fingerprint density at radius 1 is 1.05 bits per heavy atom. The molecule has 10 nitrogen and oxygen atoms in total. The van der Waals surface area contributed by atoms with Crippen molar-refractivity contribution in [3.8, 4) is 11.4 Å². The maximum absolute atomic E-state index is 13.4. The van der Waals surface area contributed by atoms with E-state index in [2.05, 4.69) is 25.9 Å². The van der Waals surface area contributed by atoms with Crippen LogP contribution in [0, 0.1) is 0 Å². The minimum Gasteiger partial charge on any atom is -0.467 e. The second-order valence-electron chi connectivity index (χ2n) is 9.28. The number of carbonyl (C=O) groups excluding carboxylic acids is 1. The molecule has 1 aliphatic carbocycles. The van der Waals surface area contributed by atoms with Crippen LogP contribution in [0.4, 0.5) is 5.69 Å². The summed E-state index contributed by atoms with van der Waals surface area (Å²) in [4.78, 5) is 13.4.